The topological polar surface area (TPSA) is 50.7 Å². The van der Waals surface area contributed by atoms with Gasteiger partial charge in [-0.25, -0.2) is 0 Å². The van der Waals surface area contributed by atoms with Gasteiger partial charge in [0, 0.05) is 24.7 Å². The summed E-state index contributed by atoms with van der Waals surface area (Å²) >= 11 is 5.82. The molecule has 0 amide bonds. The Hall–Kier alpha value is -0.650. The van der Waals surface area contributed by atoms with Crippen LogP contribution >= 0.6 is 11.6 Å². The van der Waals surface area contributed by atoms with Crippen molar-refractivity contribution >= 4 is 11.6 Å². The molecule has 0 aromatic heterocycles. The Morgan fingerprint density at radius 1 is 1.33 bits per heavy atom. The van der Waals surface area contributed by atoms with E-state index in [4.69, 9.17) is 21.1 Å². The van der Waals surface area contributed by atoms with Crippen LogP contribution in [0.15, 0.2) is 24.3 Å². The molecule has 1 fully saturated rings. The predicted octanol–water partition coefficient (Wildman–Crippen LogP) is 2.38. The maximum atomic E-state index is 9.85. The second-order valence-electron chi connectivity index (χ2n) is 5.44. The van der Waals surface area contributed by atoms with E-state index in [1.165, 1.54) is 6.42 Å². The highest BCUT2D eigenvalue weighted by Crippen LogP contribution is 2.12. The highest BCUT2D eigenvalue weighted by Gasteiger charge is 2.13. The van der Waals surface area contributed by atoms with E-state index >= 15 is 0 Å². The van der Waals surface area contributed by atoms with Gasteiger partial charge in [-0.1, -0.05) is 23.7 Å². The summed E-state index contributed by atoms with van der Waals surface area (Å²) < 4.78 is 11.1. The van der Waals surface area contributed by atoms with E-state index in [1.54, 1.807) is 0 Å². The summed E-state index contributed by atoms with van der Waals surface area (Å²) in [7, 11) is 0. The third kappa shape index (κ3) is 6.76. The summed E-state index contributed by atoms with van der Waals surface area (Å²) in [5, 5.41) is 13.8. The standard InChI is InChI=1S/C16H24ClNO3/c17-14-6-4-13(5-7-14)11-20-12-15(19)9-18-10-16-3-1-2-8-21-16/h4-7,15-16,18-19H,1-3,8-12H2. The van der Waals surface area contributed by atoms with Crippen molar-refractivity contribution in [3.8, 4) is 0 Å². The third-order valence-corrected chi connectivity index (χ3v) is 3.77. The van der Waals surface area contributed by atoms with Gasteiger partial charge in [-0.05, 0) is 37.0 Å². The summed E-state index contributed by atoms with van der Waals surface area (Å²) in [6.45, 7) is 2.99. The zero-order chi connectivity index (χ0) is 14.9. The van der Waals surface area contributed by atoms with Crippen molar-refractivity contribution in [3.63, 3.8) is 0 Å². The van der Waals surface area contributed by atoms with E-state index in [-0.39, 0.29) is 0 Å². The average Bonchev–Trinajstić information content (AvgIpc) is 2.50. The molecule has 0 spiro atoms. The molecule has 1 heterocycles. The van der Waals surface area contributed by atoms with Crippen LogP contribution in [0.5, 0.6) is 0 Å². The fourth-order valence-corrected chi connectivity index (χ4v) is 2.46. The minimum absolute atomic E-state index is 0.293. The molecule has 1 saturated heterocycles. The lowest BCUT2D eigenvalue weighted by Crippen LogP contribution is -2.37. The first kappa shape index (κ1) is 16.7. The zero-order valence-electron chi connectivity index (χ0n) is 12.3. The molecule has 2 atom stereocenters. The second-order valence-corrected chi connectivity index (χ2v) is 5.88. The van der Waals surface area contributed by atoms with Crippen molar-refractivity contribution in [1.82, 2.24) is 5.32 Å². The molecule has 1 aromatic carbocycles. The van der Waals surface area contributed by atoms with Crippen molar-refractivity contribution in [2.75, 3.05) is 26.3 Å². The number of hydrogen-bond acceptors (Lipinski definition) is 4. The van der Waals surface area contributed by atoms with E-state index in [0.717, 1.165) is 31.6 Å². The van der Waals surface area contributed by atoms with Gasteiger partial charge in [0.1, 0.15) is 0 Å². The van der Waals surface area contributed by atoms with Gasteiger partial charge in [-0.3, -0.25) is 0 Å². The molecule has 118 valence electrons. The number of nitrogens with one attached hydrogen (secondary N) is 1. The Morgan fingerprint density at radius 3 is 2.86 bits per heavy atom. The molecule has 0 radical (unpaired) electrons. The number of hydrogen-bond donors (Lipinski definition) is 2. The van der Waals surface area contributed by atoms with E-state index in [9.17, 15) is 5.11 Å². The van der Waals surface area contributed by atoms with Crippen LogP contribution in [0.2, 0.25) is 5.02 Å². The largest absolute Gasteiger partial charge is 0.389 e. The van der Waals surface area contributed by atoms with Crippen LogP contribution in [0.1, 0.15) is 24.8 Å². The molecule has 2 N–H and O–H groups in total. The number of halogens is 1. The summed E-state index contributed by atoms with van der Waals surface area (Å²) in [6.07, 6.45) is 3.30. The number of aliphatic hydroxyl groups is 1. The zero-order valence-corrected chi connectivity index (χ0v) is 13.0. The van der Waals surface area contributed by atoms with Crippen LogP contribution in [0.3, 0.4) is 0 Å². The molecule has 5 heteroatoms. The summed E-state index contributed by atoms with van der Waals surface area (Å²) in [6, 6.07) is 7.52. The number of rotatable bonds is 8. The van der Waals surface area contributed by atoms with Crippen molar-refractivity contribution < 1.29 is 14.6 Å². The quantitative estimate of drug-likeness (QED) is 0.773. The lowest BCUT2D eigenvalue weighted by molar-refractivity contribution is 0.00763. The Bertz CT molecular complexity index is 393. The van der Waals surface area contributed by atoms with Crippen LogP contribution in [0.25, 0.3) is 0 Å². The molecule has 0 bridgehead atoms. The Kier molecular flexibility index (Phi) is 7.47. The normalized spacial score (nSPS) is 20.4. The van der Waals surface area contributed by atoms with Gasteiger partial charge < -0.3 is 19.9 Å². The molecular weight excluding hydrogens is 290 g/mol. The van der Waals surface area contributed by atoms with Gasteiger partial charge in [0.15, 0.2) is 0 Å². The molecular formula is C16H24ClNO3. The van der Waals surface area contributed by atoms with Crippen molar-refractivity contribution in [2.45, 2.75) is 38.1 Å². The van der Waals surface area contributed by atoms with Gasteiger partial charge in [-0.2, -0.15) is 0 Å². The summed E-state index contributed by atoms with van der Waals surface area (Å²) in [5.74, 6) is 0. The van der Waals surface area contributed by atoms with Gasteiger partial charge in [0.25, 0.3) is 0 Å². The first-order chi connectivity index (χ1) is 10.2. The Labute approximate surface area is 131 Å². The van der Waals surface area contributed by atoms with E-state index in [1.807, 2.05) is 24.3 Å². The minimum Gasteiger partial charge on any atom is -0.389 e. The van der Waals surface area contributed by atoms with E-state index in [2.05, 4.69) is 5.32 Å². The van der Waals surface area contributed by atoms with Crippen molar-refractivity contribution in [2.24, 2.45) is 0 Å². The first-order valence-electron chi connectivity index (χ1n) is 7.56. The lowest BCUT2D eigenvalue weighted by Gasteiger charge is -2.23. The highest BCUT2D eigenvalue weighted by atomic mass is 35.5. The SMILES string of the molecule is OC(CNCC1CCCCO1)COCc1ccc(Cl)cc1. The maximum absolute atomic E-state index is 9.85. The van der Waals surface area contributed by atoms with Crippen molar-refractivity contribution in [1.29, 1.82) is 0 Å². The molecule has 4 nitrogen and oxygen atoms in total. The minimum atomic E-state index is -0.499. The molecule has 1 aromatic rings. The van der Waals surface area contributed by atoms with Crippen LogP contribution in [0, 0.1) is 0 Å². The first-order valence-corrected chi connectivity index (χ1v) is 7.94. The maximum Gasteiger partial charge on any atom is 0.0897 e. The van der Waals surface area contributed by atoms with E-state index < -0.39 is 6.10 Å². The molecule has 0 saturated carbocycles. The number of benzene rings is 1. The predicted molar refractivity (Wildman–Crippen MR) is 83.6 cm³/mol. The van der Waals surface area contributed by atoms with Crippen LogP contribution in [-0.4, -0.2) is 43.6 Å². The fraction of sp³-hybridized carbons (Fsp3) is 0.625. The molecule has 1 aliphatic rings. The van der Waals surface area contributed by atoms with Crippen LogP contribution in [0.4, 0.5) is 0 Å². The van der Waals surface area contributed by atoms with Gasteiger partial charge in [0.2, 0.25) is 0 Å². The molecule has 0 aliphatic carbocycles. The summed E-state index contributed by atoms with van der Waals surface area (Å²) in [4.78, 5) is 0. The molecule has 21 heavy (non-hydrogen) atoms. The monoisotopic (exact) mass is 313 g/mol. The number of ether oxygens (including phenoxy) is 2. The van der Waals surface area contributed by atoms with Gasteiger partial charge >= 0.3 is 0 Å². The number of aliphatic hydroxyl groups excluding tert-OH is 1. The van der Waals surface area contributed by atoms with E-state index in [0.29, 0.717) is 30.9 Å². The van der Waals surface area contributed by atoms with Crippen molar-refractivity contribution in [3.05, 3.63) is 34.9 Å². The third-order valence-electron chi connectivity index (χ3n) is 3.52. The summed E-state index contributed by atoms with van der Waals surface area (Å²) in [5.41, 5.74) is 1.05. The lowest BCUT2D eigenvalue weighted by atomic mass is 10.1. The Balaban J connectivity index is 1.52. The second kappa shape index (κ2) is 9.38. The molecule has 2 rings (SSSR count). The average molecular weight is 314 g/mol. The highest BCUT2D eigenvalue weighted by molar-refractivity contribution is 6.30. The molecule has 2 unspecified atom stereocenters. The van der Waals surface area contributed by atoms with Crippen LogP contribution < -0.4 is 5.32 Å². The fourth-order valence-electron chi connectivity index (χ4n) is 2.33. The van der Waals surface area contributed by atoms with Crippen LogP contribution in [-0.2, 0) is 16.1 Å². The Morgan fingerprint density at radius 2 is 2.14 bits per heavy atom. The van der Waals surface area contributed by atoms with Gasteiger partial charge in [-0.15, -0.1) is 0 Å². The smallest absolute Gasteiger partial charge is 0.0897 e. The van der Waals surface area contributed by atoms with Gasteiger partial charge in [0.05, 0.1) is 25.4 Å². The molecule has 1 aliphatic heterocycles.